The maximum Gasteiger partial charge on any atom is 0.227 e. The molecule has 29 heavy (non-hydrogen) atoms. The molecule has 2 aromatic carbocycles. The van der Waals surface area contributed by atoms with Crippen molar-refractivity contribution in [1.82, 2.24) is 10.2 Å². The molecule has 0 spiro atoms. The molecule has 0 radical (unpaired) electrons. The third-order valence-electron chi connectivity index (χ3n) is 5.63. The van der Waals surface area contributed by atoms with Gasteiger partial charge in [0, 0.05) is 13.1 Å². The van der Waals surface area contributed by atoms with Crippen molar-refractivity contribution in [3.05, 3.63) is 71.8 Å². The van der Waals surface area contributed by atoms with Crippen LogP contribution in [0.15, 0.2) is 60.7 Å². The highest BCUT2D eigenvalue weighted by Gasteiger charge is 2.33. The average molecular weight is 393 g/mol. The van der Waals surface area contributed by atoms with Gasteiger partial charge >= 0.3 is 0 Å². The number of carbonyl (C=O) groups is 2. The number of amides is 2. The monoisotopic (exact) mass is 392 g/mol. The standard InChI is InChI=1S/C25H32N2O2/c1-25(2,3)23(20-13-8-5-9-14-20)26-24(29)21-15-10-16-27(18-21)22(28)17-19-11-6-4-7-12-19/h4-9,11-14,21,23H,10,15-18H2,1-3H3,(H,26,29). The number of piperidine rings is 1. The molecule has 2 amide bonds. The predicted molar refractivity (Wildman–Crippen MR) is 116 cm³/mol. The molecule has 2 unspecified atom stereocenters. The number of carbonyl (C=O) groups excluding carboxylic acids is 2. The average Bonchev–Trinajstić information content (AvgIpc) is 2.72. The van der Waals surface area contributed by atoms with Gasteiger partial charge < -0.3 is 10.2 Å². The van der Waals surface area contributed by atoms with E-state index >= 15 is 0 Å². The Hall–Kier alpha value is -2.62. The van der Waals surface area contributed by atoms with Crippen molar-refractivity contribution in [2.75, 3.05) is 13.1 Å². The Bertz CT molecular complexity index is 812. The Labute approximate surface area is 174 Å². The van der Waals surface area contributed by atoms with Crippen LogP contribution in [0.1, 0.15) is 50.8 Å². The highest BCUT2D eigenvalue weighted by molar-refractivity contribution is 5.82. The van der Waals surface area contributed by atoms with E-state index in [0.717, 1.165) is 30.5 Å². The van der Waals surface area contributed by atoms with Gasteiger partial charge in [0.25, 0.3) is 0 Å². The molecule has 3 rings (SSSR count). The van der Waals surface area contributed by atoms with Crippen LogP contribution >= 0.6 is 0 Å². The molecule has 154 valence electrons. The summed E-state index contributed by atoms with van der Waals surface area (Å²) < 4.78 is 0. The topological polar surface area (TPSA) is 49.4 Å². The molecule has 0 aliphatic carbocycles. The molecule has 1 saturated heterocycles. The van der Waals surface area contributed by atoms with E-state index in [9.17, 15) is 9.59 Å². The number of rotatable bonds is 5. The van der Waals surface area contributed by atoms with Gasteiger partial charge in [-0.3, -0.25) is 9.59 Å². The van der Waals surface area contributed by atoms with Crippen LogP contribution in [0.4, 0.5) is 0 Å². The molecule has 2 aromatic rings. The molecule has 1 aliphatic rings. The van der Waals surface area contributed by atoms with Gasteiger partial charge in [-0.15, -0.1) is 0 Å². The van der Waals surface area contributed by atoms with Crippen LogP contribution in [0.25, 0.3) is 0 Å². The zero-order chi connectivity index (χ0) is 20.9. The van der Waals surface area contributed by atoms with E-state index in [1.807, 2.05) is 53.4 Å². The van der Waals surface area contributed by atoms with Gasteiger partial charge in [0.15, 0.2) is 0 Å². The fourth-order valence-electron chi connectivity index (χ4n) is 4.01. The van der Waals surface area contributed by atoms with E-state index in [0.29, 0.717) is 13.0 Å². The Morgan fingerprint density at radius 3 is 2.28 bits per heavy atom. The highest BCUT2D eigenvalue weighted by Crippen LogP contribution is 2.33. The first-order valence-electron chi connectivity index (χ1n) is 10.5. The van der Waals surface area contributed by atoms with Crippen molar-refractivity contribution >= 4 is 11.8 Å². The van der Waals surface area contributed by atoms with Gasteiger partial charge in [-0.1, -0.05) is 81.4 Å². The first-order chi connectivity index (χ1) is 13.8. The molecule has 4 heteroatoms. The van der Waals surface area contributed by atoms with Crippen LogP contribution in [-0.2, 0) is 16.0 Å². The summed E-state index contributed by atoms with van der Waals surface area (Å²) in [6.45, 7) is 7.66. The Balaban J connectivity index is 1.64. The van der Waals surface area contributed by atoms with E-state index in [1.54, 1.807) is 0 Å². The third-order valence-corrected chi connectivity index (χ3v) is 5.63. The lowest BCUT2D eigenvalue weighted by molar-refractivity contribution is -0.135. The van der Waals surface area contributed by atoms with Gasteiger partial charge in [-0.2, -0.15) is 0 Å². The van der Waals surface area contributed by atoms with E-state index in [4.69, 9.17) is 0 Å². The lowest BCUT2D eigenvalue weighted by Gasteiger charge is -2.36. The van der Waals surface area contributed by atoms with Crippen LogP contribution < -0.4 is 5.32 Å². The minimum absolute atomic E-state index is 0.0472. The van der Waals surface area contributed by atoms with Crippen molar-refractivity contribution in [2.45, 2.75) is 46.1 Å². The second-order valence-corrected chi connectivity index (χ2v) is 9.06. The summed E-state index contributed by atoms with van der Waals surface area (Å²) in [5.74, 6) is -0.00726. The maximum absolute atomic E-state index is 13.1. The third kappa shape index (κ3) is 5.69. The molecule has 1 fully saturated rings. The van der Waals surface area contributed by atoms with Crippen LogP contribution in [0.5, 0.6) is 0 Å². The normalized spacial score (nSPS) is 18.2. The minimum atomic E-state index is -0.156. The zero-order valence-electron chi connectivity index (χ0n) is 17.7. The van der Waals surface area contributed by atoms with Crippen LogP contribution in [0, 0.1) is 11.3 Å². The minimum Gasteiger partial charge on any atom is -0.348 e. The lowest BCUT2D eigenvalue weighted by Crippen LogP contribution is -2.47. The quantitative estimate of drug-likeness (QED) is 0.821. The smallest absolute Gasteiger partial charge is 0.227 e. The largest absolute Gasteiger partial charge is 0.348 e. The Morgan fingerprint density at radius 2 is 1.66 bits per heavy atom. The number of likely N-dealkylation sites (tertiary alicyclic amines) is 1. The molecule has 0 aromatic heterocycles. The van der Waals surface area contributed by atoms with Crippen LogP contribution in [-0.4, -0.2) is 29.8 Å². The van der Waals surface area contributed by atoms with Crippen molar-refractivity contribution in [2.24, 2.45) is 11.3 Å². The van der Waals surface area contributed by atoms with Gasteiger partial charge in [-0.05, 0) is 29.4 Å². The summed E-state index contributed by atoms with van der Waals surface area (Å²) in [6.07, 6.45) is 2.08. The molecular weight excluding hydrogens is 360 g/mol. The zero-order valence-corrected chi connectivity index (χ0v) is 17.7. The van der Waals surface area contributed by atoms with Gasteiger partial charge in [0.05, 0.1) is 18.4 Å². The summed E-state index contributed by atoms with van der Waals surface area (Å²) in [5.41, 5.74) is 2.02. The van der Waals surface area contributed by atoms with Gasteiger partial charge in [-0.25, -0.2) is 0 Å². The van der Waals surface area contributed by atoms with E-state index in [-0.39, 0.29) is 29.2 Å². The molecule has 1 N–H and O–H groups in total. The predicted octanol–water partition coefficient (Wildman–Crippen LogP) is 4.37. The van der Waals surface area contributed by atoms with Crippen LogP contribution in [0.2, 0.25) is 0 Å². The summed E-state index contributed by atoms with van der Waals surface area (Å²) in [5, 5.41) is 3.28. The number of nitrogens with one attached hydrogen (secondary N) is 1. The fourth-order valence-corrected chi connectivity index (χ4v) is 4.01. The number of hydrogen-bond acceptors (Lipinski definition) is 2. The van der Waals surface area contributed by atoms with Gasteiger partial charge in [0.2, 0.25) is 11.8 Å². The first kappa shape index (κ1) is 21.1. The second-order valence-electron chi connectivity index (χ2n) is 9.06. The summed E-state index contributed by atoms with van der Waals surface area (Å²) in [6, 6.07) is 19.9. The van der Waals surface area contributed by atoms with Crippen molar-refractivity contribution in [1.29, 1.82) is 0 Å². The van der Waals surface area contributed by atoms with Crippen molar-refractivity contribution < 1.29 is 9.59 Å². The number of nitrogens with zero attached hydrogens (tertiary/aromatic N) is 1. The molecule has 1 aliphatic heterocycles. The number of hydrogen-bond donors (Lipinski definition) is 1. The van der Waals surface area contributed by atoms with Crippen molar-refractivity contribution in [3.8, 4) is 0 Å². The first-order valence-corrected chi connectivity index (χ1v) is 10.5. The summed E-state index contributed by atoms with van der Waals surface area (Å²) >= 11 is 0. The molecular formula is C25H32N2O2. The Kier molecular flexibility index (Phi) is 6.73. The highest BCUT2D eigenvalue weighted by atomic mass is 16.2. The second kappa shape index (κ2) is 9.25. The van der Waals surface area contributed by atoms with E-state index < -0.39 is 0 Å². The molecule has 1 heterocycles. The maximum atomic E-state index is 13.1. The van der Waals surface area contributed by atoms with E-state index in [2.05, 4.69) is 38.2 Å². The molecule has 4 nitrogen and oxygen atoms in total. The molecule has 0 bridgehead atoms. The molecule has 0 saturated carbocycles. The molecule has 2 atom stereocenters. The van der Waals surface area contributed by atoms with Crippen molar-refractivity contribution in [3.63, 3.8) is 0 Å². The number of benzene rings is 2. The van der Waals surface area contributed by atoms with E-state index in [1.165, 1.54) is 0 Å². The summed E-state index contributed by atoms with van der Waals surface area (Å²) in [4.78, 5) is 27.7. The SMILES string of the molecule is CC(C)(C)C(NC(=O)C1CCCN(C(=O)Cc2ccccc2)C1)c1ccccc1. The van der Waals surface area contributed by atoms with Crippen LogP contribution in [0.3, 0.4) is 0 Å². The van der Waals surface area contributed by atoms with Gasteiger partial charge in [0.1, 0.15) is 0 Å². The summed E-state index contributed by atoms with van der Waals surface area (Å²) in [7, 11) is 0. The Morgan fingerprint density at radius 1 is 1.03 bits per heavy atom. The lowest BCUT2D eigenvalue weighted by atomic mass is 9.82. The fraction of sp³-hybridized carbons (Fsp3) is 0.440.